The van der Waals surface area contributed by atoms with Crippen LogP contribution in [0.25, 0.3) is 11.2 Å². The molecule has 1 N–H and O–H groups in total. The maximum absolute atomic E-state index is 12.3. The molecule has 2 heterocycles. The second kappa shape index (κ2) is 3.79. The summed E-state index contributed by atoms with van der Waals surface area (Å²) in [7, 11) is 0. The largest absolute Gasteiger partial charge is 0.408 e. The van der Waals surface area contributed by atoms with E-state index in [1.165, 1.54) is 6.33 Å². The predicted molar refractivity (Wildman–Crippen MR) is 55.8 cm³/mol. The van der Waals surface area contributed by atoms with Crippen molar-refractivity contribution < 1.29 is 13.2 Å². The zero-order chi connectivity index (χ0) is 12.8. The van der Waals surface area contributed by atoms with Gasteiger partial charge in [-0.2, -0.15) is 13.2 Å². The van der Waals surface area contributed by atoms with E-state index >= 15 is 0 Å². The van der Waals surface area contributed by atoms with Crippen LogP contribution in [0.3, 0.4) is 0 Å². The first kappa shape index (κ1) is 11.2. The van der Waals surface area contributed by atoms with E-state index in [1.807, 2.05) is 0 Å². The summed E-state index contributed by atoms with van der Waals surface area (Å²) in [5.74, 6) is 0.441. The Kier molecular flexibility index (Phi) is 2.35. The van der Waals surface area contributed by atoms with E-state index in [0.717, 1.165) is 17.5 Å². The first-order valence-electron chi connectivity index (χ1n) is 5.40. The highest BCUT2D eigenvalue weighted by Gasteiger charge is 2.30. The van der Waals surface area contributed by atoms with E-state index < -0.39 is 12.7 Å². The summed E-state index contributed by atoms with van der Waals surface area (Å²) in [5, 5.41) is 10.3. The van der Waals surface area contributed by atoms with Gasteiger partial charge in [0, 0.05) is 6.04 Å². The van der Waals surface area contributed by atoms with Gasteiger partial charge in [0.25, 0.3) is 0 Å². The van der Waals surface area contributed by atoms with E-state index in [9.17, 15) is 13.2 Å². The monoisotopic (exact) mass is 258 g/mol. The highest BCUT2D eigenvalue weighted by Crippen LogP contribution is 2.27. The van der Waals surface area contributed by atoms with Crippen LogP contribution in [0.1, 0.15) is 12.8 Å². The van der Waals surface area contributed by atoms with Crippen molar-refractivity contribution in [2.75, 3.05) is 5.32 Å². The molecule has 1 aliphatic carbocycles. The van der Waals surface area contributed by atoms with Crippen LogP contribution in [0.4, 0.5) is 19.0 Å². The van der Waals surface area contributed by atoms with Gasteiger partial charge in [0.05, 0.1) is 0 Å². The SMILES string of the molecule is FC(F)(F)Cn1nnc2c(NC3CC3)ncnc21. The quantitative estimate of drug-likeness (QED) is 0.900. The number of anilines is 1. The topological polar surface area (TPSA) is 68.5 Å². The molecule has 1 saturated carbocycles. The molecule has 96 valence electrons. The predicted octanol–water partition coefficient (Wildman–Crippen LogP) is 1.36. The lowest BCUT2D eigenvalue weighted by Crippen LogP contribution is -2.19. The zero-order valence-corrected chi connectivity index (χ0v) is 9.15. The molecule has 0 radical (unpaired) electrons. The van der Waals surface area contributed by atoms with Gasteiger partial charge >= 0.3 is 6.18 Å². The van der Waals surface area contributed by atoms with Gasteiger partial charge < -0.3 is 5.32 Å². The molecule has 0 aromatic carbocycles. The molecule has 1 fully saturated rings. The molecule has 2 aromatic heterocycles. The van der Waals surface area contributed by atoms with E-state index in [1.54, 1.807) is 0 Å². The summed E-state index contributed by atoms with van der Waals surface area (Å²) in [6.45, 7) is -1.20. The Morgan fingerprint density at radius 3 is 2.78 bits per heavy atom. The Morgan fingerprint density at radius 2 is 2.11 bits per heavy atom. The molecular weight excluding hydrogens is 249 g/mol. The van der Waals surface area contributed by atoms with Crippen molar-refractivity contribution in [3.05, 3.63) is 6.33 Å². The highest BCUT2D eigenvalue weighted by atomic mass is 19.4. The molecule has 9 heteroatoms. The molecule has 2 aromatic rings. The van der Waals surface area contributed by atoms with Crippen molar-refractivity contribution >= 4 is 17.0 Å². The number of nitrogens with one attached hydrogen (secondary N) is 1. The number of alkyl halides is 3. The number of hydrogen-bond acceptors (Lipinski definition) is 5. The summed E-state index contributed by atoms with van der Waals surface area (Å²) < 4.78 is 37.7. The second-order valence-electron chi connectivity index (χ2n) is 4.18. The zero-order valence-electron chi connectivity index (χ0n) is 9.15. The number of fused-ring (bicyclic) bond motifs is 1. The summed E-state index contributed by atoms with van der Waals surface area (Å²) in [5.41, 5.74) is 0.360. The van der Waals surface area contributed by atoms with E-state index in [2.05, 4.69) is 25.6 Å². The Balaban J connectivity index is 1.97. The molecule has 0 spiro atoms. The lowest BCUT2D eigenvalue weighted by molar-refractivity contribution is -0.142. The van der Waals surface area contributed by atoms with Crippen LogP contribution in [0, 0.1) is 0 Å². The first-order valence-corrected chi connectivity index (χ1v) is 5.40. The van der Waals surface area contributed by atoms with Gasteiger partial charge in [-0.15, -0.1) is 5.10 Å². The van der Waals surface area contributed by atoms with Crippen LogP contribution in [-0.2, 0) is 6.54 Å². The summed E-state index contributed by atoms with van der Waals surface area (Å²) in [6, 6.07) is 0.330. The second-order valence-corrected chi connectivity index (χ2v) is 4.18. The van der Waals surface area contributed by atoms with Gasteiger partial charge in [0.2, 0.25) is 0 Å². The number of hydrogen-bond donors (Lipinski definition) is 1. The fourth-order valence-corrected chi connectivity index (χ4v) is 1.59. The van der Waals surface area contributed by atoms with Gasteiger partial charge in [-0.05, 0) is 12.8 Å². The average molecular weight is 258 g/mol. The van der Waals surface area contributed by atoms with Crippen molar-refractivity contribution in [3.8, 4) is 0 Å². The molecule has 0 unspecified atom stereocenters. The first-order chi connectivity index (χ1) is 8.53. The summed E-state index contributed by atoms with van der Waals surface area (Å²) in [4.78, 5) is 7.78. The van der Waals surface area contributed by atoms with Gasteiger partial charge in [-0.25, -0.2) is 14.6 Å². The normalized spacial score (nSPS) is 16.2. The van der Waals surface area contributed by atoms with E-state index in [4.69, 9.17) is 0 Å². The van der Waals surface area contributed by atoms with Gasteiger partial charge in [-0.3, -0.25) is 0 Å². The molecule has 18 heavy (non-hydrogen) atoms. The third kappa shape index (κ3) is 2.20. The summed E-state index contributed by atoms with van der Waals surface area (Å²) in [6.07, 6.45) is -1.08. The summed E-state index contributed by atoms with van der Waals surface area (Å²) >= 11 is 0. The Morgan fingerprint density at radius 1 is 1.33 bits per heavy atom. The average Bonchev–Trinajstić information content (AvgIpc) is 3.00. The molecule has 6 nitrogen and oxygen atoms in total. The molecule has 0 atom stereocenters. The minimum atomic E-state index is -4.35. The molecule has 3 rings (SSSR count). The van der Waals surface area contributed by atoms with Crippen LogP contribution in [-0.4, -0.2) is 37.2 Å². The van der Waals surface area contributed by atoms with E-state index in [0.29, 0.717) is 11.9 Å². The van der Waals surface area contributed by atoms with Crippen LogP contribution >= 0.6 is 0 Å². The molecule has 1 aliphatic rings. The van der Waals surface area contributed by atoms with Crippen LogP contribution in [0.2, 0.25) is 0 Å². The standard InChI is InChI=1S/C9H9F3N6/c10-9(11,12)3-18-8-6(16-17-18)7(13-4-14-8)15-5-1-2-5/h4-5H,1-3H2,(H,13,14,15). The van der Waals surface area contributed by atoms with Crippen LogP contribution in [0.5, 0.6) is 0 Å². The maximum Gasteiger partial charge on any atom is 0.408 e. The number of nitrogens with zero attached hydrogens (tertiary/aromatic N) is 5. The highest BCUT2D eigenvalue weighted by molar-refractivity contribution is 5.82. The third-order valence-electron chi connectivity index (χ3n) is 2.55. The third-order valence-corrected chi connectivity index (χ3v) is 2.55. The fourth-order valence-electron chi connectivity index (χ4n) is 1.59. The van der Waals surface area contributed by atoms with Crippen molar-refractivity contribution in [1.29, 1.82) is 0 Å². The fraction of sp³-hybridized carbons (Fsp3) is 0.556. The molecule has 0 bridgehead atoms. The number of rotatable bonds is 3. The Bertz CT molecular complexity index is 573. The lowest BCUT2D eigenvalue weighted by Gasteiger charge is -2.06. The Hall–Kier alpha value is -1.93. The van der Waals surface area contributed by atoms with Crippen molar-refractivity contribution in [1.82, 2.24) is 25.0 Å². The lowest BCUT2D eigenvalue weighted by atomic mass is 10.4. The maximum atomic E-state index is 12.3. The molecule has 0 aliphatic heterocycles. The smallest absolute Gasteiger partial charge is 0.365 e. The van der Waals surface area contributed by atoms with Gasteiger partial charge in [-0.1, -0.05) is 5.21 Å². The number of halogens is 3. The van der Waals surface area contributed by atoms with E-state index in [-0.39, 0.29) is 11.2 Å². The van der Waals surface area contributed by atoms with Crippen LogP contribution < -0.4 is 5.32 Å². The van der Waals surface area contributed by atoms with Crippen molar-refractivity contribution in [2.45, 2.75) is 31.6 Å². The number of aromatic nitrogens is 5. The molecule has 0 saturated heterocycles. The van der Waals surface area contributed by atoms with Crippen molar-refractivity contribution in [2.24, 2.45) is 0 Å². The Labute approximate surface area is 99.2 Å². The van der Waals surface area contributed by atoms with Gasteiger partial charge in [0.1, 0.15) is 12.9 Å². The molecule has 0 amide bonds. The van der Waals surface area contributed by atoms with Crippen molar-refractivity contribution in [3.63, 3.8) is 0 Å². The minimum Gasteiger partial charge on any atom is -0.365 e. The minimum absolute atomic E-state index is 0.0884. The molecular formula is C9H9F3N6. The van der Waals surface area contributed by atoms with Crippen LogP contribution in [0.15, 0.2) is 6.33 Å². The van der Waals surface area contributed by atoms with Gasteiger partial charge in [0.15, 0.2) is 17.0 Å².